The number of hydrogen-bond donors (Lipinski definition) is 0. The fourth-order valence-corrected chi connectivity index (χ4v) is 7.25. The van der Waals surface area contributed by atoms with Crippen LogP contribution in [0.5, 0.6) is 0 Å². The van der Waals surface area contributed by atoms with Crippen LogP contribution in [0, 0.1) is 0 Å². The molecule has 0 aliphatic rings. The Balaban J connectivity index is 2.04. The summed E-state index contributed by atoms with van der Waals surface area (Å²) in [5.41, 5.74) is 1.30. The van der Waals surface area contributed by atoms with E-state index in [2.05, 4.69) is 31.2 Å². The molecule has 0 aliphatic carbocycles. The van der Waals surface area contributed by atoms with Gasteiger partial charge in [-0.15, -0.1) is 0 Å². The van der Waals surface area contributed by atoms with Gasteiger partial charge in [0.1, 0.15) is 0 Å². The van der Waals surface area contributed by atoms with Gasteiger partial charge in [0.05, 0.1) is 0 Å². The first-order valence-corrected chi connectivity index (χ1v) is 10.8. The molecule has 0 radical (unpaired) electrons. The first-order valence-electron chi connectivity index (χ1n) is 7.72. The van der Waals surface area contributed by atoms with Gasteiger partial charge in [-0.2, -0.15) is 0 Å². The molecule has 23 heavy (non-hydrogen) atoms. The monoisotopic (exact) mass is 338 g/mol. The Morgan fingerprint density at radius 1 is 0.739 bits per heavy atom. The maximum Gasteiger partial charge on any atom is 0.199 e. The Morgan fingerprint density at radius 2 is 1.22 bits per heavy atom. The zero-order valence-electron chi connectivity index (χ0n) is 13.1. The van der Waals surface area contributed by atoms with Crippen LogP contribution < -0.4 is 10.6 Å². The Labute approximate surface area is 141 Å². The molecule has 0 saturated heterocycles. The molecule has 3 heteroatoms. The third-order valence-corrected chi connectivity index (χ3v) is 9.12. The van der Waals surface area contributed by atoms with Crippen molar-refractivity contribution in [2.24, 2.45) is 0 Å². The van der Waals surface area contributed by atoms with E-state index in [1.54, 1.807) is 0 Å². The van der Waals surface area contributed by atoms with Crippen LogP contribution in [0.4, 0.5) is 0 Å². The van der Waals surface area contributed by atoms with Gasteiger partial charge in [0.2, 0.25) is 0 Å². The second-order valence-corrected chi connectivity index (χ2v) is 10.2. The van der Waals surface area contributed by atoms with Crippen LogP contribution in [0.25, 0.3) is 0 Å². The minimum absolute atomic E-state index is 0.885. The lowest BCUT2D eigenvalue weighted by Gasteiger charge is -2.18. The molecule has 116 valence electrons. The van der Waals surface area contributed by atoms with Crippen LogP contribution in [0.2, 0.25) is 0 Å². The van der Waals surface area contributed by atoms with Gasteiger partial charge < -0.3 is 4.57 Å². The first kappa shape index (κ1) is 16.1. The van der Waals surface area contributed by atoms with Crippen LogP contribution in [-0.2, 0) is 11.0 Å². The summed E-state index contributed by atoms with van der Waals surface area (Å²) in [6, 6.07) is 27.9. The molecule has 3 aromatic rings. The summed E-state index contributed by atoms with van der Waals surface area (Å²) >= 11 is 1.47. The maximum absolute atomic E-state index is 13.9. The summed E-state index contributed by atoms with van der Waals surface area (Å²) in [7, 11) is 0. The van der Waals surface area contributed by atoms with E-state index >= 15 is 0 Å². The molecule has 0 amide bonds. The highest BCUT2D eigenvalue weighted by Crippen LogP contribution is 2.59. The van der Waals surface area contributed by atoms with Crippen molar-refractivity contribution in [2.45, 2.75) is 18.2 Å². The van der Waals surface area contributed by atoms with Crippen LogP contribution in [-0.4, -0.2) is 0 Å². The second-order valence-electron chi connectivity index (χ2n) is 5.31. The van der Waals surface area contributed by atoms with Gasteiger partial charge >= 0.3 is 0 Å². The Bertz CT molecular complexity index is 755. The standard InChI is InChI=1S/C20H19OPS/c1-2-17-13-15-20(16-14-17)23-22(21,18-9-5-3-6-10-18)19-11-7-4-8-12-19/h3-16H,2H2,1H3. The highest BCUT2D eigenvalue weighted by atomic mass is 32.7. The highest BCUT2D eigenvalue weighted by molar-refractivity contribution is 8.62. The Kier molecular flexibility index (Phi) is 5.05. The maximum atomic E-state index is 13.9. The smallest absolute Gasteiger partial charge is 0.199 e. The van der Waals surface area contributed by atoms with Crippen molar-refractivity contribution >= 4 is 28.3 Å². The summed E-state index contributed by atoms with van der Waals surface area (Å²) in [6.07, 6.45) is -1.74. The van der Waals surface area contributed by atoms with Crippen molar-refractivity contribution < 1.29 is 4.57 Å². The van der Waals surface area contributed by atoms with Gasteiger partial charge in [0.25, 0.3) is 0 Å². The lowest BCUT2D eigenvalue weighted by atomic mass is 10.2. The normalized spacial score (nSPS) is 11.3. The number of aryl methyl sites for hydroxylation is 1. The molecule has 0 aliphatic heterocycles. The van der Waals surface area contributed by atoms with Gasteiger partial charge in [-0.1, -0.05) is 91.1 Å². The first-order chi connectivity index (χ1) is 11.2. The van der Waals surface area contributed by atoms with E-state index in [1.165, 1.54) is 16.9 Å². The van der Waals surface area contributed by atoms with E-state index in [0.29, 0.717) is 0 Å². The summed E-state index contributed by atoms with van der Waals surface area (Å²) < 4.78 is 13.9. The van der Waals surface area contributed by atoms with Crippen molar-refractivity contribution in [1.82, 2.24) is 0 Å². The lowest BCUT2D eigenvalue weighted by molar-refractivity contribution is 0.595. The fraction of sp³-hybridized carbons (Fsp3) is 0.100. The predicted molar refractivity (Wildman–Crippen MR) is 101 cm³/mol. The number of rotatable bonds is 5. The van der Waals surface area contributed by atoms with Gasteiger partial charge in [-0.25, -0.2) is 0 Å². The lowest BCUT2D eigenvalue weighted by Crippen LogP contribution is -2.13. The SMILES string of the molecule is CCc1ccc(SP(=O)(c2ccccc2)c2ccccc2)cc1. The Hall–Kier alpha value is -1.76. The molecule has 0 spiro atoms. The molecule has 0 unspecified atom stereocenters. The molecule has 0 bridgehead atoms. The third-order valence-electron chi connectivity index (χ3n) is 3.76. The molecule has 0 aromatic heterocycles. The minimum Gasteiger partial charge on any atom is -0.302 e. The van der Waals surface area contributed by atoms with Crippen LogP contribution in [0.1, 0.15) is 12.5 Å². The quantitative estimate of drug-likeness (QED) is 0.590. The summed E-state index contributed by atoms with van der Waals surface area (Å²) in [6.45, 7) is 2.14. The number of hydrogen-bond acceptors (Lipinski definition) is 2. The van der Waals surface area contributed by atoms with Crippen molar-refractivity contribution in [1.29, 1.82) is 0 Å². The van der Waals surface area contributed by atoms with Crippen molar-refractivity contribution in [3.05, 3.63) is 90.5 Å². The average molecular weight is 338 g/mol. The summed E-state index contributed by atoms with van der Waals surface area (Å²) in [5.74, 6) is 0. The van der Waals surface area contributed by atoms with Crippen molar-refractivity contribution in [2.75, 3.05) is 0 Å². The zero-order valence-corrected chi connectivity index (χ0v) is 14.8. The van der Waals surface area contributed by atoms with Crippen LogP contribution in [0.3, 0.4) is 0 Å². The Morgan fingerprint density at radius 3 is 1.65 bits per heavy atom. The summed E-state index contributed by atoms with van der Waals surface area (Å²) in [5, 5.41) is 1.77. The topological polar surface area (TPSA) is 17.1 Å². The van der Waals surface area contributed by atoms with Crippen LogP contribution >= 0.6 is 17.7 Å². The van der Waals surface area contributed by atoms with Gasteiger partial charge in [0, 0.05) is 15.5 Å². The van der Waals surface area contributed by atoms with Gasteiger partial charge in [-0.05, 0) is 24.1 Å². The minimum atomic E-state index is -2.75. The molecule has 0 N–H and O–H groups in total. The molecule has 0 saturated carbocycles. The van der Waals surface area contributed by atoms with Gasteiger partial charge in [-0.3, -0.25) is 0 Å². The second kappa shape index (κ2) is 7.21. The average Bonchev–Trinajstić information content (AvgIpc) is 2.64. The van der Waals surface area contributed by atoms with E-state index in [4.69, 9.17) is 0 Å². The molecular formula is C20H19OPS. The zero-order chi connectivity index (χ0) is 16.1. The number of benzene rings is 3. The molecule has 3 aromatic carbocycles. The van der Waals surface area contributed by atoms with Crippen molar-refractivity contribution in [3.63, 3.8) is 0 Å². The van der Waals surface area contributed by atoms with E-state index in [0.717, 1.165) is 21.9 Å². The van der Waals surface area contributed by atoms with Gasteiger partial charge in [0.15, 0.2) is 6.34 Å². The third kappa shape index (κ3) is 3.60. The summed E-state index contributed by atoms with van der Waals surface area (Å²) in [4.78, 5) is 1.04. The van der Waals surface area contributed by atoms with Crippen molar-refractivity contribution in [3.8, 4) is 0 Å². The molecule has 0 atom stereocenters. The predicted octanol–water partition coefficient (Wildman–Crippen LogP) is 5.27. The molecular weight excluding hydrogens is 319 g/mol. The van der Waals surface area contributed by atoms with E-state index in [9.17, 15) is 4.57 Å². The largest absolute Gasteiger partial charge is 0.302 e. The van der Waals surface area contributed by atoms with Crippen LogP contribution in [0.15, 0.2) is 89.8 Å². The fourth-order valence-electron chi connectivity index (χ4n) is 2.44. The van der Waals surface area contributed by atoms with E-state index in [1.807, 2.05) is 60.7 Å². The van der Waals surface area contributed by atoms with E-state index < -0.39 is 6.34 Å². The molecule has 3 rings (SSSR count). The molecule has 0 fully saturated rings. The highest BCUT2D eigenvalue weighted by Gasteiger charge is 2.28. The molecule has 1 nitrogen and oxygen atoms in total. The molecule has 0 heterocycles. The van der Waals surface area contributed by atoms with E-state index in [-0.39, 0.29) is 0 Å².